The fourth-order valence-electron chi connectivity index (χ4n) is 2.85. The van der Waals surface area contributed by atoms with Gasteiger partial charge in [-0.2, -0.15) is 18.3 Å². The number of carbonyl (C=O) groups is 1. The van der Waals surface area contributed by atoms with Crippen LogP contribution in [0.5, 0.6) is 0 Å². The fraction of sp³-hybridized carbons (Fsp3) is 0.421. The molecule has 0 saturated carbocycles. The summed E-state index contributed by atoms with van der Waals surface area (Å²) in [7, 11) is 0. The SMILES string of the molecule is CC(C)Cc1nnc(NC(=O)c2cnn(-c3ccc(C(F)(F)F)cn3)c2C(C)C)s1. The highest BCUT2D eigenvalue weighted by Crippen LogP contribution is 2.30. The lowest BCUT2D eigenvalue weighted by molar-refractivity contribution is -0.137. The standard InChI is InChI=1S/C19H21F3N6OS/c1-10(2)7-15-26-27-18(30-15)25-17(29)13-9-24-28(16(13)11(3)4)14-6-5-12(8-23-14)19(20,21)22/h5-6,8-11H,7H2,1-4H3,(H,25,27,29). The molecule has 0 fully saturated rings. The maximum atomic E-state index is 12.8. The minimum atomic E-state index is -4.47. The van der Waals surface area contributed by atoms with Crippen molar-refractivity contribution in [2.45, 2.75) is 46.2 Å². The molecule has 11 heteroatoms. The van der Waals surface area contributed by atoms with E-state index in [1.807, 2.05) is 13.8 Å². The largest absolute Gasteiger partial charge is 0.417 e. The third-order valence-corrected chi connectivity index (χ3v) is 5.02. The molecule has 0 aliphatic carbocycles. The minimum Gasteiger partial charge on any atom is -0.296 e. The average molecular weight is 438 g/mol. The predicted octanol–water partition coefficient (Wildman–Crippen LogP) is 4.71. The van der Waals surface area contributed by atoms with E-state index in [1.165, 1.54) is 28.3 Å². The number of pyridine rings is 1. The Morgan fingerprint density at radius 3 is 2.47 bits per heavy atom. The number of nitrogens with zero attached hydrogens (tertiary/aromatic N) is 5. The number of amides is 1. The summed E-state index contributed by atoms with van der Waals surface area (Å²) in [5.74, 6) is 0.0665. The van der Waals surface area contributed by atoms with E-state index in [-0.39, 0.29) is 11.7 Å². The Kier molecular flexibility index (Phi) is 6.20. The Balaban J connectivity index is 1.87. The Bertz CT molecular complexity index is 1020. The molecular formula is C19H21F3N6OS. The van der Waals surface area contributed by atoms with Gasteiger partial charge in [-0.15, -0.1) is 10.2 Å². The van der Waals surface area contributed by atoms with Crippen molar-refractivity contribution in [3.8, 4) is 5.82 Å². The van der Waals surface area contributed by atoms with Crippen LogP contribution in [0.4, 0.5) is 18.3 Å². The van der Waals surface area contributed by atoms with Gasteiger partial charge in [-0.05, 0) is 24.0 Å². The van der Waals surface area contributed by atoms with Crippen LogP contribution in [0.3, 0.4) is 0 Å². The van der Waals surface area contributed by atoms with Gasteiger partial charge in [0.25, 0.3) is 5.91 Å². The van der Waals surface area contributed by atoms with Crippen molar-refractivity contribution in [1.82, 2.24) is 25.0 Å². The van der Waals surface area contributed by atoms with Crippen LogP contribution in [-0.2, 0) is 12.6 Å². The number of anilines is 1. The Morgan fingerprint density at radius 2 is 1.90 bits per heavy atom. The molecule has 0 aliphatic rings. The van der Waals surface area contributed by atoms with E-state index in [4.69, 9.17) is 0 Å². The van der Waals surface area contributed by atoms with E-state index < -0.39 is 17.6 Å². The zero-order chi connectivity index (χ0) is 22.1. The van der Waals surface area contributed by atoms with Crippen LogP contribution in [0, 0.1) is 5.92 Å². The molecule has 30 heavy (non-hydrogen) atoms. The summed E-state index contributed by atoms with van der Waals surface area (Å²) in [4.78, 5) is 16.7. The van der Waals surface area contributed by atoms with Crippen LogP contribution in [0.1, 0.15) is 60.2 Å². The third-order valence-electron chi connectivity index (χ3n) is 4.16. The molecule has 0 aromatic carbocycles. The van der Waals surface area contributed by atoms with Gasteiger partial charge in [-0.3, -0.25) is 10.1 Å². The summed E-state index contributed by atoms with van der Waals surface area (Å²) in [6, 6.07) is 2.16. The molecule has 0 bridgehead atoms. The highest BCUT2D eigenvalue weighted by Gasteiger charge is 2.31. The van der Waals surface area contributed by atoms with Crippen molar-refractivity contribution in [2.24, 2.45) is 5.92 Å². The molecule has 3 rings (SSSR count). The first-order valence-electron chi connectivity index (χ1n) is 9.31. The van der Waals surface area contributed by atoms with Gasteiger partial charge in [0.15, 0.2) is 5.82 Å². The number of aromatic nitrogens is 5. The number of halogens is 3. The van der Waals surface area contributed by atoms with Crippen LogP contribution in [0.15, 0.2) is 24.5 Å². The summed E-state index contributed by atoms with van der Waals surface area (Å²) < 4.78 is 39.8. The molecular weight excluding hydrogens is 417 g/mol. The van der Waals surface area contributed by atoms with Gasteiger partial charge < -0.3 is 0 Å². The number of hydrogen-bond acceptors (Lipinski definition) is 6. The van der Waals surface area contributed by atoms with Gasteiger partial charge in [-0.1, -0.05) is 39.0 Å². The first-order chi connectivity index (χ1) is 14.1. The number of rotatable bonds is 6. The Morgan fingerprint density at radius 1 is 1.17 bits per heavy atom. The molecule has 0 aliphatic heterocycles. The first-order valence-corrected chi connectivity index (χ1v) is 10.1. The highest BCUT2D eigenvalue weighted by molar-refractivity contribution is 7.15. The molecule has 1 amide bonds. The summed E-state index contributed by atoms with van der Waals surface area (Å²) in [6.45, 7) is 7.86. The summed E-state index contributed by atoms with van der Waals surface area (Å²) in [6.07, 6.45) is -1.58. The smallest absolute Gasteiger partial charge is 0.296 e. The average Bonchev–Trinajstić information content (AvgIpc) is 3.27. The van der Waals surface area contributed by atoms with Crippen LogP contribution in [0.25, 0.3) is 5.82 Å². The molecule has 3 heterocycles. The lowest BCUT2D eigenvalue weighted by Gasteiger charge is -2.12. The van der Waals surface area contributed by atoms with Gasteiger partial charge in [0.2, 0.25) is 5.13 Å². The lowest BCUT2D eigenvalue weighted by Crippen LogP contribution is -2.16. The zero-order valence-corrected chi connectivity index (χ0v) is 17.7. The van der Waals surface area contributed by atoms with E-state index in [9.17, 15) is 18.0 Å². The van der Waals surface area contributed by atoms with Gasteiger partial charge in [-0.25, -0.2) is 9.67 Å². The lowest BCUT2D eigenvalue weighted by atomic mass is 10.1. The maximum Gasteiger partial charge on any atom is 0.417 e. The second-order valence-electron chi connectivity index (χ2n) is 7.47. The van der Waals surface area contributed by atoms with E-state index in [0.717, 1.165) is 23.7 Å². The number of alkyl halides is 3. The molecule has 3 aromatic heterocycles. The fourth-order valence-corrected chi connectivity index (χ4v) is 3.80. The maximum absolute atomic E-state index is 12.8. The van der Waals surface area contributed by atoms with Crippen molar-refractivity contribution in [3.63, 3.8) is 0 Å². The number of carbonyl (C=O) groups excluding carboxylic acids is 1. The number of hydrogen-bond donors (Lipinski definition) is 1. The van der Waals surface area contributed by atoms with E-state index in [1.54, 1.807) is 0 Å². The normalized spacial score (nSPS) is 12.0. The highest BCUT2D eigenvalue weighted by atomic mass is 32.1. The van der Waals surface area contributed by atoms with E-state index in [2.05, 4.69) is 39.4 Å². The van der Waals surface area contributed by atoms with Crippen molar-refractivity contribution < 1.29 is 18.0 Å². The van der Waals surface area contributed by atoms with Gasteiger partial charge in [0, 0.05) is 12.6 Å². The molecule has 0 spiro atoms. The monoisotopic (exact) mass is 438 g/mol. The van der Waals surface area contributed by atoms with Crippen molar-refractivity contribution in [1.29, 1.82) is 0 Å². The van der Waals surface area contributed by atoms with Crippen molar-refractivity contribution in [3.05, 3.63) is 46.4 Å². The van der Waals surface area contributed by atoms with Crippen LogP contribution < -0.4 is 5.32 Å². The van der Waals surface area contributed by atoms with E-state index >= 15 is 0 Å². The number of nitrogens with one attached hydrogen (secondary N) is 1. The summed E-state index contributed by atoms with van der Waals surface area (Å²) >= 11 is 1.31. The third kappa shape index (κ3) is 4.84. The summed E-state index contributed by atoms with van der Waals surface area (Å²) in [5, 5.41) is 16.2. The first kappa shape index (κ1) is 21.9. The molecule has 1 N–H and O–H groups in total. The van der Waals surface area contributed by atoms with Gasteiger partial charge in [0.05, 0.1) is 23.0 Å². The van der Waals surface area contributed by atoms with Gasteiger partial charge >= 0.3 is 6.18 Å². The van der Waals surface area contributed by atoms with Gasteiger partial charge in [0.1, 0.15) is 5.01 Å². The quantitative estimate of drug-likeness (QED) is 0.602. The Hall–Kier alpha value is -2.82. The summed E-state index contributed by atoms with van der Waals surface area (Å²) in [5.41, 5.74) is -0.0186. The van der Waals surface area contributed by atoms with Crippen molar-refractivity contribution >= 4 is 22.4 Å². The topological polar surface area (TPSA) is 85.6 Å². The van der Waals surface area contributed by atoms with Crippen LogP contribution in [0.2, 0.25) is 0 Å². The van der Waals surface area contributed by atoms with E-state index in [0.29, 0.717) is 22.3 Å². The molecule has 160 valence electrons. The van der Waals surface area contributed by atoms with Crippen molar-refractivity contribution in [2.75, 3.05) is 5.32 Å². The minimum absolute atomic E-state index is 0.136. The molecule has 3 aromatic rings. The van der Waals surface area contributed by atoms with Crippen LogP contribution >= 0.6 is 11.3 Å². The molecule has 7 nitrogen and oxygen atoms in total. The Labute approximate surface area is 175 Å². The molecule has 0 saturated heterocycles. The second-order valence-corrected chi connectivity index (χ2v) is 8.53. The molecule has 0 atom stereocenters. The second kappa shape index (κ2) is 8.50. The van der Waals surface area contributed by atoms with Crippen LogP contribution in [-0.4, -0.2) is 30.9 Å². The predicted molar refractivity (Wildman–Crippen MR) is 107 cm³/mol. The zero-order valence-electron chi connectivity index (χ0n) is 16.9. The molecule has 0 radical (unpaired) electrons. The molecule has 0 unspecified atom stereocenters.